The van der Waals surface area contributed by atoms with Crippen LogP contribution in [0, 0.1) is 5.92 Å². The minimum atomic E-state index is -0.0892. The minimum absolute atomic E-state index is 0.0744. The van der Waals surface area contributed by atoms with Gasteiger partial charge < -0.3 is 24.4 Å². The van der Waals surface area contributed by atoms with Gasteiger partial charge in [0.1, 0.15) is 5.75 Å². The van der Waals surface area contributed by atoms with Crippen LogP contribution in [-0.2, 0) is 0 Å². The number of rotatable bonds is 8. The molecule has 1 aliphatic carbocycles. The van der Waals surface area contributed by atoms with Gasteiger partial charge in [0.25, 0.3) is 11.8 Å². The smallest absolute Gasteiger partial charge is 0.257 e. The maximum atomic E-state index is 13.2. The van der Waals surface area contributed by atoms with Gasteiger partial charge in [0.15, 0.2) is 11.5 Å². The van der Waals surface area contributed by atoms with Gasteiger partial charge in [-0.25, -0.2) is 0 Å². The Balaban J connectivity index is 1.40. The average Bonchev–Trinajstić information content (AvgIpc) is 3.66. The summed E-state index contributed by atoms with van der Waals surface area (Å²) in [7, 11) is 3.10. The minimum Gasteiger partial charge on any atom is -0.493 e. The molecule has 1 saturated heterocycles. The van der Waals surface area contributed by atoms with Crippen LogP contribution < -0.4 is 19.5 Å². The number of methoxy groups -OCH3 is 2. The third-order valence-electron chi connectivity index (χ3n) is 5.96. The van der Waals surface area contributed by atoms with E-state index in [0.717, 1.165) is 25.7 Å². The average molecular weight is 439 g/mol. The zero-order valence-electron chi connectivity index (χ0n) is 18.6. The van der Waals surface area contributed by atoms with E-state index in [1.54, 1.807) is 31.4 Å². The van der Waals surface area contributed by atoms with Gasteiger partial charge in [0, 0.05) is 25.0 Å². The van der Waals surface area contributed by atoms with Crippen LogP contribution in [0.5, 0.6) is 17.2 Å². The molecule has 32 heavy (non-hydrogen) atoms. The summed E-state index contributed by atoms with van der Waals surface area (Å²) in [5.74, 6) is 1.60. The van der Waals surface area contributed by atoms with Crippen LogP contribution in [0.4, 0.5) is 0 Å². The molecule has 7 nitrogen and oxygen atoms in total. The van der Waals surface area contributed by atoms with Gasteiger partial charge in [-0.2, -0.15) is 0 Å². The van der Waals surface area contributed by atoms with E-state index < -0.39 is 0 Å². The van der Waals surface area contributed by atoms with Crippen molar-refractivity contribution in [3.63, 3.8) is 0 Å². The first-order valence-corrected chi connectivity index (χ1v) is 11.1. The number of likely N-dealkylation sites (tertiary alicyclic amines) is 1. The number of nitrogens with zero attached hydrogens (tertiary/aromatic N) is 1. The molecule has 1 atom stereocenters. The van der Waals surface area contributed by atoms with Gasteiger partial charge in [-0.05, 0) is 49.9 Å². The SMILES string of the molecule is COc1cccc(C(=O)N2CCCC(COc3ccccc3C(=O)NC3CC3)C2)c1OC. The quantitative estimate of drug-likeness (QED) is 0.682. The Morgan fingerprint density at radius 2 is 1.72 bits per heavy atom. The number of amides is 2. The van der Waals surface area contributed by atoms with E-state index in [1.165, 1.54) is 7.11 Å². The highest BCUT2D eigenvalue weighted by Gasteiger charge is 2.28. The molecule has 1 unspecified atom stereocenters. The topological polar surface area (TPSA) is 77.1 Å². The molecule has 4 rings (SSSR count). The fourth-order valence-electron chi connectivity index (χ4n) is 4.09. The highest BCUT2D eigenvalue weighted by molar-refractivity contribution is 5.98. The van der Waals surface area contributed by atoms with Gasteiger partial charge in [0.05, 0.1) is 32.0 Å². The van der Waals surface area contributed by atoms with Crippen molar-refractivity contribution >= 4 is 11.8 Å². The Kier molecular flexibility index (Phi) is 6.83. The van der Waals surface area contributed by atoms with Crippen LogP contribution in [0.25, 0.3) is 0 Å². The van der Waals surface area contributed by atoms with E-state index >= 15 is 0 Å². The molecule has 2 aromatic carbocycles. The first-order valence-electron chi connectivity index (χ1n) is 11.1. The van der Waals surface area contributed by atoms with E-state index in [4.69, 9.17) is 14.2 Å². The Morgan fingerprint density at radius 1 is 0.969 bits per heavy atom. The number of carbonyl (C=O) groups excluding carboxylic acids is 2. The molecule has 0 aromatic heterocycles. The van der Waals surface area contributed by atoms with Crippen LogP contribution in [0.3, 0.4) is 0 Å². The number of hydrogen-bond donors (Lipinski definition) is 1. The number of nitrogens with one attached hydrogen (secondary N) is 1. The molecule has 0 radical (unpaired) electrons. The van der Waals surface area contributed by atoms with Crippen molar-refractivity contribution in [3.8, 4) is 17.2 Å². The molecule has 1 aliphatic heterocycles. The fourth-order valence-corrected chi connectivity index (χ4v) is 4.09. The summed E-state index contributed by atoms with van der Waals surface area (Å²) in [6.45, 7) is 1.73. The lowest BCUT2D eigenvalue weighted by molar-refractivity contribution is 0.0629. The zero-order chi connectivity index (χ0) is 22.5. The molecular weight excluding hydrogens is 408 g/mol. The van der Waals surface area contributed by atoms with Crippen molar-refractivity contribution in [1.82, 2.24) is 10.2 Å². The molecule has 0 bridgehead atoms. The third-order valence-corrected chi connectivity index (χ3v) is 5.96. The largest absolute Gasteiger partial charge is 0.493 e. The fraction of sp³-hybridized carbons (Fsp3) is 0.440. The highest BCUT2D eigenvalue weighted by Crippen LogP contribution is 2.32. The molecule has 170 valence electrons. The second-order valence-corrected chi connectivity index (χ2v) is 8.36. The summed E-state index contributed by atoms with van der Waals surface area (Å²) in [6.07, 6.45) is 3.95. The summed E-state index contributed by atoms with van der Waals surface area (Å²) in [6, 6.07) is 13.0. The predicted molar refractivity (Wildman–Crippen MR) is 121 cm³/mol. The first kappa shape index (κ1) is 22.0. The van der Waals surface area contributed by atoms with Gasteiger partial charge in [-0.15, -0.1) is 0 Å². The lowest BCUT2D eigenvalue weighted by Crippen LogP contribution is -2.41. The lowest BCUT2D eigenvalue weighted by atomic mass is 9.98. The van der Waals surface area contributed by atoms with Crippen molar-refractivity contribution in [2.75, 3.05) is 33.9 Å². The number of carbonyl (C=O) groups is 2. The lowest BCUT2D eigenvalue weighted by Gasteiger charge is -2.33. The molecule has 0 spiro atoms. The summed E-state index contributed by atoms with van der Waals surface area (Å²) < 4.78 is 16.8. The van der Waals surface area contributed by atoms with Crippen LogP contribution in [0.2, 0.25) is 0 Å². The maximum absolute atomic E-state index is 13.2. The van der Waals surface area contributed by atoms with Crippen LogP contribution >= 0.6 is 0 Å². The van der Waals surface area contributed by atoms with E-state index in [1.807, 2.05) is 23.1 Å². The predicted octanol–water partition coefficient (Wildman–Crippen LogP) is 3.53. The number of piperidine rings is 1. The molecule has 2 fully saturated rings. The summed E-state index contributed by atoms with van der Waals surface area (Å²) in [4.78, 5) is 27.6. The Labute approximate surface area is 188 Å². The van der Waals surface area contributed by atoms with E-state index in [0.29, 0.717) is 54.1 Å². The number of hydrogen-bond acceptors (Lipinski definition) is 5. The van der Waals surface area contributed by atoms with Crippen LogP contribution in [0.15, 0.2) is 42.5 Å². The van der Waals surface area contributed by atoms with Gasteiger partial charge in [0.2, 0.25) is 0 Å². The van der Waals surface area contributed by atoms with Crippen molar-refractivity contribution in [2.24, 2.45) is 5.92 Å². The number of ether oxygens (including phenoxy) is 3. The van der Waals surface area contributed by atoms with Crippen molar-refractivity contribution in [3.05, 3.63) is 53.6 Å². The molecule has 2 aliphatic rings. The normalized spacial score (nSPS) is 18.1. The van der Waals surface area contributed by atoms with Crippen LogP contribution in [-0.4, -0.2) is 56.7 Å². The second-order valence-electron chi connectivity index (χ2n) is 8.36. The van der Waals surface area contributed by atoms with Gasteiger partial charge in [-0.1, -0.05) is 18.2 Å². The van der Waals surface area contributed by atoms with Crippen molar-refractivity contribution in [1.29, 1.82) is 0 Å². The van der Waals surface area contributed by atoms with Gasteiger partial charge >= 0.3 is 0 Å². The van der Waals surface area contributed by atoms with Crippen LogP contribution in [0.1, 0.15) is 46.4 Å². The molecule has 2 aromatic rings. The monoisotopic (exact) mass is 438 g/mol. The number of para-hydroxylation sites is 2. The van der Waals surface area contributed by atoms with E-state index in [-0.39, 0.29) is 17.7 Å². The molecule has 1 saturated carbocycles. The number of benzene rings is 2. The molecular formula is C25H30N2O5. The summed E-state index contributed by atoms with van der Waals surface area (Å²) in [5.41, 5.74) is 1.06. The second kappa shape index (κ2) is 9.94. The van der Waals surface area contributed by atoms with E-state index in [9.17, 15) is 9.59 Å². The van der Waals surface area contributed by atoms with E-state index in [2.05, 4.69) is 5.32 Å². The standard InChI is InChI=1S/C25H30N2O5/c1-30-22-11-5-9-20(23(22)31-2)25(29)27-14-6-7-17(15-27)16-32-21-10-4-3-8-19(21)24(28)26-18-12-13-18/h3-5,8-11,17-18H,6-7,12-16H2,1-2H3,(H,26,28). The Morgan fingerprint density at radius 3 is 2.47 bits per heavy atom. The van der Waals surface area contributed by atoms with Gasteiger partial charge in [-0.3, -0.25) is 9.59 Å². The molecule has 1 N–H and O–H groups in total. The first-order chi connectivity index (χ1) is 15.6. The zero-order valence-corrected chi connectivity index (χ0v) is 18.6. The highest BCUT2D eigenvalue weighted by atomic mass is 16.5. The van der Waals surface area contributed by atoms with Crippen molar-refractivity contribution < 1.29 is 23.8 Å². The molecule has 1 heterocycles. The Bertz CT molecular complexity index is 973. The Hall–Kier alpha value is -3.22. The molecule has 2 amide bonds. The molecule has 7 heteroatoms. The maximum Gasteiger partial charge on any atom is 0.257 e. The third kappa shape index (κ3) is 4.98. The van der Waals surface area contributed by atoms with Crippen molar-refractivity contribution in [2.45, 2.75) is 31.7 Å². The summed E-state index contributed by atoms with van der Waals surface area (Å²) in [5, 5.41) is 3.01. The summed E-state index contributed by atoms with van der Waals surface area (Å²) >= 11 is 0.